The third kappa shape index (κ3) is 3.73. The van der Waals surface area contributed by atoms with Gasteiger partial charge in [0.25, 0.3) is 0 Å². The van der Waals surface area contributed by atoms with Crippen molar-refractivity contribution >= 4 is 28.2 Å². The molecule has 0 radical (unpaired) electrons. The van der Waals surface area contributed by atoms with Gasteiger partial charge in [0.1, 0.15) is 5.75 Å². The highest BCUT2D eigenvalue weighted by Gasteiger charge is 2.23. The van der Waals surface area contributed by atoms with E-state index in [2.05, 4.69) is 21.3 Å². The first-order chi connectivity index (χ1) is 11.3. The third-order valence-corrected chi connectivity index (χ3v) is 4.41. The van der Waals surface area contributed by atoms with Crippen LogP contribution in [0, 0.1) is 0 Å². The normalized spacial score (nSPS) is 14.7. The van der Waals surface area contributed by atoms with Crippen molar-refractivity contribution in [3.8, 4) is 5.75 Å². The van der Waals surface area contributed by atoms with Crippen LogP contribution in [-0.4, -0.2) is 48.7 Å². The zero-order chi connectivity index (χ0) is 16.1. The minimum absolute atomic E-state index is 0.0855. The number of piperazine rings is 1. The number of hydrogen-bond acceptors (Lipinski definition) is 5. The summed E-state index contributed by atoms with van der Waals surface area (Å²) in [6.07, 6.45) is 1.68. The fourth-order valence-electron chi connectivity index (χ4n) is 2.60. The monoisotopic (exact) mass is 332 g/mol. The van der Waals surface area contributed by atoms with E-state index in [1.165, 1.54) is 11.3 Å². The molecular weight excluding hydrogens is 312 g/mol. The van der Waals surface area contributed by atoms with Crippen LogP contribution in [0.25, 0.3) is 0 Å². The maximum Gasteiger partial charge on any atom is 0.323 e. The standard InChI is InChI=1S/C16H20N4O2S/c1-2-22-14-6-4-3-5-13(14)19-8-10-20(11-9-19)16(21)18-15-17-7-12-23-15/h3-7,12H,2,8-11H2,1H3,(H,17,18,21). The van der Waals surface area contributed by atoms with Crippen molar-refractivity contribution in [3.63, 3.8) is 0 Å². The molecule has 1 fully saturated rings. The Balaban J connectivity index is 1.59. The Bertz CT molecular complexity index is 639. The topological polar surface area (TPSA) is 57.7 Å². The smallest absolute Gasteiger partial charge is 0.323 e. The van der Waals surface area contributed by atoms with Crippen LogP contribution >= 0.6 is 11.3 Å². The number of ether oxygens (including phenoxy) is 1. The number of rotatable bonds is 4. The van der Waals surface area contributed by atoms with Gasteiger partial charge in [-0.1, -0.05) is 12.1 Å². The zero-order valence-corrected chi connectivity index (χ0v) is 13.9. The lowest BCUT2D eigenvalue weighted by molar-refractivity contribution is 0.208. The van der Waals surface area contributed by atoms with Gasteiger partial charge in [0.05, 0.1) is 12.3 Å². The Morgan fingerprint density at radius 3 is 2.78 bits per heavy atom. The maximum absolute atomic E-state index is 12.2. The van der Waals surface area contributed by atoms with Crippen LogP contribution in [0.2, 0.25) is 0 Å². The summed E-state index contributed by atoms with van der Waals surface area (Å²) in [6.45, 7) is 5.56. The molecule has 0 aliphatic carbocycles. The summed E-state index contributed by atoms with van der Waals surface area (Å²) < 4.78 is 5.69. The Kier molecular flexibility index (Phi) is 4.97. The average Bonchev–Trinajstić information content (AvgIpc) is 3.09. The molecule has 1 aromatic heterocycles. The molecule has 0 spiro atoms. The Morgan fingerprint density at radius 2 is 2.09 bits per heavy atom. The van der Waals surface area contributed by atoms with Gasteiger partial charge in [-0.2, -0.15) is 0 Å². The van der Waals surface area contributed by atoms with E-state index < -0.39 is 0 Å². The Labute approximate surface area is 139 Å². The second kappa shape index (κ2) is 7.32. The highest BCUT2D eigenvalue weighted by molar-refractivity contribution is 7.13. The van der Waals surface area contributed by atoms with E-state index >= 15 is 0 Å². The molecule has 6 nitrogen and oxygen atoms in total. The van der Waals surface area contributed by atoms with Gasteiger partial charge in [0, 0.05) is 37.8 Å². The number of benzene rings is 1. The van der Waals surface area contributed by atoms with E-state index in [1.807, 2.05) is 35.4 Å². The van der Waals surface area contributed by atoms with Gasteiger partial charge in [0.2, 0.25) is 0 Å². The molecule has 23 heavy (non-hydrogen) atoms. The molecule has 2 amide bonds. The minimum Gasteiger partial charge on any atom is -0.492 e. The van der Waals surface area contributed by atoms with Crippen LogP contribution in [0.1, 0.15) is 6.92 Å². The van der Waals surface area contributed by atoms with E-state index in [0.717, 1.165) is 24.5 Å². The van der Waals surface area contributed by atoms with Crippen molar-refractivity contribution in [2.45, 2.75) is 6.92 Å². The zero-order valence-electron chi connectivity index (χ0n) is 13.1. The molecule has 2 heterocycles. The first kappa shape index (κ1) is 15.6. The molecule has 1 aromatic carbocycles. The largest absolute Gasteiger partial charge is 0.492 e. The minimum atomic E-state index is -0.0855. The molecule has 1 saturated heterocycles. The van der Waals surface area contributed by atoms with E-state index in [-0.39, 0.29) is 6.03 Å². The molecule has 0 bridgehead atoms. The number of carbonyl (C=O) groups excluding carboxylic acids is 1. The highest BCUT2D eigenvalue weighted by atomic mass is 32.1. The predicted octanol–water partition coefficient (Wildman–Crippen LogP) is 2.90. The number of aromatic nitrogens is 1. The van der Waals surface area contributed by atoms with Crippen LogP contribution in [-0.2, 0) is 0 Å². The summed E-state index contributed by atoms with van der Waals surface area (Å²) in [7, 11) is 0. The van der Waals surface area contributed by atoms with Crippen LogP contribution in [0.4, 0.5) is 15.6 Å². The van der Waals surface area contributed by atoms with Crippen molar-refractivity contribution in [2.24, 2.45) is 0 Å². The lowest BCUT2D eigenvalue weighted by Crippen LogP contribution is -2.50. The number of amides is 2. The van der Waals surface area contributed by atoms with Crippen molar-refractivity contribution < 1.29 is 9.53 Å². The second-order valence-electron chi connectivity index (χ2n) is 5.14. The predicted molar refractivity (Wildman–Crippen MR) is 92.5 cm³/mol. The molecule has 1 aliphatic heterocycles. The SMILES string of the molecule is CCOc1ccccc1N1CCN(C(=O)Nc2nccs2)CC1. The van der Waals surface area contributed by atoms with Crippen molar-refractivity contribution in [1.82, 2.24) is 9.88 Å². The van der Waals surface area contributed by atoms with Gasteiger partial charge in [-0.05, 0) is 19.1 Å². The van der Waals surface area contributed by atoms with Crippen LogP contribution in [0.5, 0.6) is 5.75 Å². The highest BCUT2D eigenvalue weighted by Crippen LogP contribution is 2.28. The number of carbonyl (C=O) groups is 1. The fourth-order valence-corrected chi connectivity index (χ4v) is 3.12. The molecule has 122 valence electrons. The van der Waals surface area contributed by atoms with Crippen LogP contribution in [0.3, 0.4) is 0 Å². The summed E-state index contributed by atoms with van der Waals surface area (Å²) in [5.74, 6) is 0.899. The first-order valence-electron chi connectivity index (χ1n) is 7.70. The van der Waals surface area contributed by atoms with Crippen molar-refractivity contribution in [3.05, 3.63) is 35.8 Å². The summed E-state index contributed by atoms with van der Waals surface area (Å²) in [6, 6.07) is 7.96. The molecule has 7 heteroatoms. The van der Waals surface area contributed by atoms with Crippen LogP contribution in [0.15, 0.2) is 35.8 Å². The molecule has 2 aromatic rings. The van der Waals surface area contributed by atoms with E-state index in [4.69, 9.17) is 4.74 Å². The fraction of sp³-hybridized carbons (Fsp3) is 0.375. The molecular formula is C16H20N4O2S. The maximum atomic E-state index is 12.2. The quantitative estimate of drug-likeness (QED) is 0.935. The number of urea groups is 1. The molecule has 3 rings (SSSR count). The van der Waals surface area contributed by atoms with Gasteiger partial charge >= 0.3 is 6.03 Å². The van der Waals surface area contributed by atoms with Gasteiger partial charge in [0.15, 0.2) is 5.13 Å². The number of nitrogens with zero attached hydrogens (tertiary/aromatic N) is 3. The van der Waals surface area contributed by atoms with Gasteiger partial charge in [-0.15, -0.1) is 11.3 Å². The van der Waals surface area contributed by atoms with Gasteiger partial charge in [-0.25, -0.2) is 9.78 Å². The summed E-state index contributed by atoms with van der Waals surface area (Å²) in [4.78, 5) is 20.4. The lowest BCUT2D eigenvalue weighted by atomic mass is 10.2. The van der Waals surface area contributed by atoms with Crippen molar-refractivity contribution in [2.75, 3.05) is 43.0 Å². The molecule has 0 atom stereocenters. The first-order valence-corrected chi connectivity index (χ1v) is 8.58. The number of thiazole rings is 1. The van der Waals surface area contributed by atoms with E-state index in [1.54, 1.807) is 6.20 Å². The van der Waals surface area contributed by atoms with Gasteiger partial charge in [-0.3, -0.25) is 5.32 Å². The molecule has 0 unspecified atom stereocenters. The molecule has 0 saturated carbocycles. The van der Waals surface area contributed by atoms with E-state index in [0.29, 0.717) is 24.8 Å². The number of nitrogens with one attached hydrogen (secondary N) is 1. The Hall–Kier alpha value is -2.28. The molecule has 1 N–H and O–H groups in total. The number of anilines is 2. The number of para-hydroxylation sites is 2. The third-order valence-electron chi connectivity index (χ3n) is 3.72. The van der Waals surface area contributed by atoms with Crippen LogP contribution < -0.4 is 15.0 Å². The summed E-state index contributed by atoms with van der Waals surface area (Å²) >= 11 is 1.42. The summed E-state index contributed by atoms with van der Waals surface area (Å²) in [5.41, 5.74) is 1.09. The number of hydrogen-bond donors (Lipinski definition) is 1. The van der Waals surface area contributed by atoms with Crippen molar-refractivity contribution in [1.29, 1.82) is 0 Å². The van der Waals surface area contributed by atoms with Gasteiger partial charge < -0.3 is 14.5 Å². The average molecular weight is 332 g/mol. The second-order valence-corrected chi connectivity index (χ2v) is 6.04. The molecule has 1 aliphatic rings. The lowest BCUT2D eigenvalue weighted by Gasteiger charge is -2.36. The Morgan fingerprint density at radius 1 is 1.30 bits per heavy atom. The summed E-state index contributed by atoms with van der Waals surface area (Å²) in [5, 5.41) is 5.31. The van der Waals surface area contributed by atoms with E-state index in [9.17, 15) is 4.79 Å².